The van der Waals surface area contributed by atoms with E-state index in [9.17, 15) is 27.6 Å². The lowest BCUT2D eigenvalue weighted by atomic mass is 9.79. The number of benzene rings is 1. The number of halogens is 3. The Bertz CT molecular complexity index is 905. The fourth-order valence-electron chi connectivity index (χ4n) is 4.30. The van der Waals surface area contributed by atoms with Crippen molar-refractivity contribution < 1.29 is 27.6 Å². The summed E-state index contributed by atoms with van der Waals surface area (Å²) in [6.45, 7) is 5.11. The molecular formula is C24H36F3N5O3. The molecule has 0 aliphatic heterocycles. The number of hydrogen-bond donors (Lipinski definition) is 4. The van der Waals surface area contributed by atoms with Crippen LogP contribution in [0.1, 0.15) is 62.4 Å². The van der Waals surface area contributed by atoms with Crippen molar-refractivity contribution in [3.63, 3.8) is 0 Å². The lowest BCUT2D eigenvalue weighted by molar-refractivity contribution is -0.137. The SMILES string of the molecule is CC[C@@H]1C[C@H](N(C)C)CC[C@@H]1NC(=O)CNC(=O)c1cc(C(F)(F)F)ccc1NC(=O)NC(C)C. The summed E-state index contributed by atoms with van der Waals surface area (Å²) in [5, 5.41) is 10.3. The van der Waals surface area contributed by atoms with Gasteiger partial charge in [-0.3, -0.25) is 9.59 Å². The molecule has 1 aromatic carbocycles. The van der Waals surface area contributed by atoms with Crippen LogP contribution < -0.4 is 21.3 Å². The van der Waals surface area contributed by atoms with Gasteiger partial charge in [0.05, 0.1) is 23.4 Å². The van der Waals surface area contributed by atoms with E-state index >= 15 is 0 Å². The Balaban J connectivity index is 2.07. The molecule has 11 heteroatoms. The van der Waals surface area contributed by atoms with Crippen molar-refractivity contribution in [1.82, 2.24) is 20.9 Å². The van der Waals surface area contributed by atoms with E-state index in [0.717, 1.165) is 37.8 Å². The van der Waals surface area contributed by atoms with Crippen molar-refractivity contribution in [2.75, 3.05) is 26.0 Å². The number of alkyl halides is 3. The van der Waals surface area contributed by atoms with E-state index in [1.807, 2.05) is 14.1 Å². The number of nitrogens with zero attached hydrogens (tertiary/aromatic N) is 1. The maximum Gasteiger partial charge on any atom is 0.416 e. The van der Waals surface area contributed by atoms with Gasteiger partial charge in [-0.1, -0.05) is 13.3 Å². The number of nitrogens with one attached hydrogen (secondary N) is 4. The van der Waals surface area contributed by atoms with E-state index in [1.54, 1.807) is 13.8 Å². The predicted molar refractivity (Wildman–Crippen MR) is 128 cm³/mol. The molecule has 0 radical (unpaired) electrons. The van der Waals surface area contributed by atoms with Crippen LogP contribution in [0.5, 0.6) is 0 Å². The van der Waals surface area contributed by atoms with Gasteiger partial charge in [0.2, 0.25) is 5.91 Å². The molecule has 1 aliphatic rings. The molecule has 1 aromatic rings. The van der Waals surface area contributed by atoms with Gasteiger partial charge in [-0.2, -0.15) is 13.2 Å². The number of urea groups is 1. The molecule has 0 heterocycles. The molecular weight excluding hydrogens is 463 g/mol. The van der Waals surface area contributed by atoms with Crippen molar-refractivity contribution >= 4 is 23.5 Å². The molecule has 0 spiro atoms. The van der Waals surface area contributed by atoms with Crippen LogP contribution in [-0.4, -0.2) is 61.5 Å². The third-order valence-corrected chi connectivity index (χ3v) is 6.22. The third-order valence-electron chi connectivity index (χ3n) is 6.22. The third kappa shape index (κ3) is 8.41. The predicted octanol–water partition coefficient (Wildman–Crippen LogP) is 3.59. The summed E-state index contributed by atoms with van der Waals surface area (Å²) < 4.78 is 39.7. The molecule has 35 heavy (non-hydrogen) atoms. The van der Waals surface area contributed by atoms with Crippen LogP contribution in [0.15, 0.2) is 18.2 Å². The van der Waals surface area contributed by atoms with Gasteiger partial charge in [-0.05, 0) is 71.3 Å². The number of anilines is 1. The van der Waals surface area contributed by atoms with Crippen molar-refractivity contribution in [1.29, 1.82) is 0 Å². The lowest BCUT2D eigenvalue weighted by Gasteiger charge is -2.39. The Hall–Kier alpha value is -2.82. The fraction of sp³-hybridized carbons (Fsp3) is 0.625. The molecule has 2 rings (SSSR count). The largest absolute Gasteiger partial charge is 0.416 e. The summed E-state index contributed by atoms with van der Waals surface area (Å²) in [6, 6.07) is 2.01. The fourth-order valence-corrected chi connectivity index (χ4v) is 4.30. The second kappa shape index (κ2) is 12.2. The van der Waals surface area contributed by atoms with Crippen LogP contribution in [0.2, 0.25) is 0 Å². The first kappa shape index (κ1) is 28.4. The molecule has 1 fully saturated rings. The van der Waals surface area contributed by atoms with Crippen molar-refractivity contribution in [2.24, 2.45) is 5.92 Å². The molecule has 4 N–H and O–H groups in total. The minimum Gasteiger partial charge on any atom is -0.352 e. The average Bonchev–Trinajstić information content (AvgIpc) is 2.76. The summed E-state index contributed by atoms with van der Waals surface area (Å²) in [7, 11) is 4.07. The topological polar surface area (TPSA) is 103 Å². The summed E-state index contributed by atoms with van der Waals surface area (Å²) in [4.78, 5) is 39.5. The molecule has 3 atom stereocenters. The van der Waals surface area contributed by atoms with Crippen molar-refractivity contribution in [3.05, 3.63) is 29.3 Å². The average molecular weight is 500 g/mol. The van der Waals surface area contributed by atoms with Gasteiger partial charge in [0.1, 0.15) is 0 Å². The van der Waals surface area contributed by atoms with Crippen LogP contribution in [-0.2, 0) is 11.0 Å². The molecule has 0 unspecified atom stereocenters. The quantitative estimate of drug-likeness (QED) is 0.439. The Morgan fingerprint density at radius 3 is 2.40 bits per heavy atom. The van der Waals surface area contributed by atoms with Crippen molar-refractivity contribution in [2.45, 2.75) is 70.8 Å². The van der Waals surface area contributed by atoms with Gasteiger partial charge in [0, 0.05) is 18.1 Å². The maximum absolute atomic E-state index is 13.2. The highest BCUT2D eigenvalue weighted by Gasteiger charge is 2.33. The number of hydrogen-bond acceptors (Lipinski definition) is 4. The molecule has 0 bridgehead atoms. The van der Waals surface area contributed by atoms with E-state index in [-0.39, 0.29) is 23.3 Å². The highest BCUT2D eigenvalue weighted by Crippen LogP contribution is 2.32. The number of amides is 4. The van der Waals surface area contributed by atoms with Crippen LogP contribution in [0.3, 0.4) is 0 Å². The Kier molecular flexibility index (Phi) is 9.93. The maximum atomic E-state index is 13.2. The summed E-state index contributed by atoms with van der Waals surface area (Å²) >= 11 is 0. The molecule has 1 saturated carbocycles. The van der Waals surface area contributed by atoms with E-state index in [0.29, 0.717) is 18.0 Å². The van der Waals surface area contributed by atoms with E-state index < -0.39 is 36.1 Å². The van der Waals surface area contributed by atoms with Gasteiger partial charge in [0.15, 0.2) is 0 Å². The zero-order chi connectivity index (χ0) is 26.3. The first-order valence-corrected chi connectivity index (χ1v) is 11.8. The van der Waals surface area contributed by atoms with E-state index in [2.05, 4.69) is 33.1 Å². The van der Waals surface area contributed by atoms with Gasteiger partial charge in [-0.15, -0.1) is 0 Å². The molecule has 4 amide bonds. The first-order chi connectivity index (χ1) is 16.3. The molecule has 8 nitrogen and oxygen atoms in total. The molecule has 196 valence electrons. The second-order valence-corrected chi connectivity index (χ2v) is 9.47. The number of rotatable bonds is 8. The van der Waals surface area contributed by atoms with Crippen molar-refractivity contribution in [3.8, 4) is 0 Å². The first-order valence-electron chi connectivity index (χ1n) is 11.8. The van der Waals surface area contributed by atoms with Crippen LogP contribution in [0.25, 0.3) is 0 Å². The lowest BCUT2D eigenvalue weighted by Crippen LogP contribution is -2.49. The second-order valence-electron chi connectivity index (χ2n) is 9.47. The number of carbonyl (C=O) groups excluding carboxylic acids is 3. The van der Waals surface area contributed by atoms with Gasteiger partial charge >= 0.3 is 12.2 Å². The zero-order valence-electron chi connectivity index (χ0n) is 20.9. The van der Waals surface area contributed by atoms with Crippen LogP contribution >= 0.6 is 0 Å². The van der Waals surface area contributed by atoms with E-state index in [4.69, 9.17) is 0 Å². The highest BCUT2D eigenvalue weighted by molar-refractivity contribution is 6.04. The number of carbonyl (C=O) groups is 3. The van der Waals surface area contributed by atoms with Gasteiger partial charge < -0.3 is 26.2 Å². The minimum absolute atomic E-state index is 0.0221. The standard InChI is InChI=1S/C24H36F3N5O3/c1-6-15-11-17(32(4)5)8-10-19(15)30-21(33)13-28-22(34)18-12-16(24(25,26)27)7-9-20(18)31-23(35)29-14(2)3/h7,9,12,14-15,17,19H,6,8,10-11,13H2,1-5H3,(H,28,34)(H,30,33)(H2,29,31,35)/t15-,17-,19+/m1/s1. The highest BCUT2D eigenvalue weighted by atomic mass is 19.4. The zero-order valence-corrected chi connectivity index (χ0v) is 20.9. The van der Waals surface area contributed by atoms with E-state index in [1.165, 1.54) is 0 Å². The van der Waals surface area contributed by atoms with Crippen LogP contribution in [0.4, 0.5) is 23.7 Å². The normalized spacial score (nSPS) is 20.5. The Labute approximate surface area is 204 Å². The Morgan fingerprint density at radius 1 is 1.14 bits per heavy atom. The summed E-state index contributed by atoms with van der Waals surface area (Å²) in [5.41, 5.74) is -1.52. The minimum atomic E-state index is -4.67. The summed E-state index contributed by atoms with van der Waals surface area (Å²) in [6.07, 6.45) is -1.06. The monoisotopic (exact) mass is 499 g/mol. The Morgan fingerprint density at radius 2 is 1.83 bits per heavy atom. The van der Waals surface area contributed by atoms with Gasteiger partial charge in [0.25, 0.3) is 5.91 Å². The molecule has 1 aliphatic carbocycles. The molecule has 0 aromatic heterocycles. The van der Waals surface area contributed by atoms with Gasteiger partial charge in [-0.25, -0.2) is 4.79 Å². The van der Waals surface area contributed by atoms with Crippen LogP contribution in [0, 0.1) is 5.92 Å². The summed E-state index contributed by atoms with van der Waals surface area (Å²) in [5.74, 6) is -1.01. The molecule has 0 saturated heterocycles. The smallest absolute Gasteiger partial charge is 0.352 e.